The minimum absolute atomic E-state index is 0.240. The second-order valence-electron chi connectivity index (χ2n) is 4.86. The first-order valence-electron chi connectivity index (χ1n) is 5.37. The number of Topliss-reactive ketones (excluding diaryl/α,β-unsaturated/α-hetero) is 1. The third-order valence-corrected chi connectivity index (χ3v) is 4.04. The molecule has 2 aliphatic rings. The Morgan fingerprint density at radius 3 is 2.38 bits per heavy atom. The van der Waals surface area contributed by atoms with Gasteiger partial charge in [0.15, 0.2) is 5.78 Å². The van der Waals surface area contributed by atoms with Crippen LogP contribution in [0.25, 0.3) is 0 Å². The summed E-state index contributed by atoms with van der Waals surface area (Å²) < 4.78 is 0. The quantitative estimate of drug-likeness (QED) is 0.521. The first-order chi connectivity index (χ1) is 6.14. The zero-order valence-electron chi connectivity index (χ0n) is 8.44. The van der Waals surface area contributed by atoms with E-state index in [-0.39, 0.29) is 5.41 Å². The minimum atomic E-state index is 0.240. The van der Waals surface area contributed by atoms with Crippen molar-refractivity contribution in [3.8, 4) is 0 Å². The number of carbonyl (C=O) groups excluding carboxylic acids is 1. The Morgan fingerprint density at radius 2 is 1.92 bits per heavy atom. The second kappa shape index (κ2) is 2.97. The molecule has 2 aliphatic carbocycles. The largest absolute Gasteiger partial charge is 0.295 e. The standard InChI is InChI=1S/C12H18O/c1-9-3-6-12(7-4-9)8-5-11(13)10(12)2/h9H,2-8H2,1H3. The van der Waals surface area contributed by atoms with Crippen molar-refractivity contribution < 1.29 is 4.79 Å². The third-order valence-electron chi connectivity index (χ3n) is 4.04. The molecule has 0 atom stereocenters. The van der Waals surface area contributed by atoms with E-state index in [1.807, 2.05) is 0 Å². The van der Waals surface area contributed by atoms with Gasteiger partial charge in [0, 0.05) is 6.42 Å². The molecule has 0 amide bonds. The van der Waals surface area contributed by atoms with Crippen molar-refractivity contribution in [2.45, 2.75) is 45.4 Å². The molecule has 2 fully saturated rings. The monoisotopic (exact) mass is 178 g/mol. The van der Waals surface area contributed by atoms with Gasteiger partial charge in [0.2, 0.25) is 0 Å². The lowest BCUT2D eigenvalue weighted by Crippen LogP contribution is -2.25. The summed E-state index contributed by atoms with van der Waals surface area (Å²) in [5.41, 5.74) is 1.18. The van der Waals surface area contributed by atoms with Crippen LogP contribution in [0, 0.1) is 11.3 Å². The molecular weight excluding hydrogens is 160 g/mol. The Hall–Kier alpha value is -0.590. The second-order valence-corrected chi connectivity index (χ2v) is 4.86. The average Bonchev–Trinajstić information content (AvgIpc) is 2.40. The first-order valence-corrected chi connectivity index (χ1v) is 5.37. The van der Waals surface area contributed by atoms with Crippen LogP contribution in [0.15, 0.2) is 12.2 Å². The van der Waals surface area contributed by atoms with Gasteiger partial charge in [-0.2, -0.15) is 0 Å². The molecule has 0 unspecified atom stereocenters. The van der Waals surface area contributed by atoms with Gasteiger partial charge in [-0.25, -0.2) is 0 Å². The number of ketones is 1. The smallest absolute Gasteiger partial charge is 0.158 e. The van der Waals surface area contributed by atoms with Gasteiger partial charge in [-0.1, -0.05) is 13.5 Å². The van der Waals surface area contributed by atoms with E-state index in [1.165, 1.54) is 25.7 Å². The van der Waals surface area contributed by atoms with Crippen LogP contribution >= 0.6 is 0 Å². The van der Waals surface area contributed by atoms with Crippen molar-refractivity contribution in [3.63, 3.8) is 0 Å². The molecular formula is C12H18O. The van der Waals surface area contributed by atoms with E-state index >= 15 is 0 Å². The molecule has 0 aromatic rings. The molecule has 0 saturated heterocycles. The third kappa shape index (κ3) is 1.34. The Bertz CT molecular complexity index is 244. The first kappa shape index (κ1) is 8.98. The van der Waals surface area contributed by atoms with Crippen molar-refractivity contribution >= 4 is 5.78 Å². The summed E-state index contributed by atoms with van der Waals surface area (Å²) in [6.45, 7) is 6.30. The molecule has 0 heterocycles. The van der Waals surface area contributed by atoms with E-state index in [4.69, 9.17) is 0 Å². The fourth-order valence-corrected chi connectivity index (χ4v) is 2.82. The van der Waals surface area contributed by atoms with Crippen LogP contribution in [-0.2, 0) is 4.79 Å². The fourth-order valence-electron chi connectivity index (χ4n) is 2.82. The van der Waals surface area contributed by atoms with Gasteiger partial charge in [0.1, 0.15) is 0 Å². The lowest BCUT2D eigenvalue weighted by molar-refractivity contribution is -0.114. The topological polar surface area (TPSA) is 17.1 Å². The number of rotatable bonds is 0. The molecule has 0 radical (unpaired) electrons. The maximum absolute atomic E-state index is 11.4. The van der Waals surface area contributed by atoms with Crippen molar-refractivity contribution in [1.29, 1.82) is 0 Å². The van der Waals surface area contributed by atoms with E-state index in [9.17, 15) is 4.79 Å². The SMILES string of the molecule is C=C1C(=O)CCC12CCC(C)CC2. The van der Waals surface area contributed by atoms with Crippen molar-refractivity contribution in [2.75, 3.05) is 0 Å². The summed E-state index contributed by atoms with van der Waals surface area (Å²) in [4.78, 5) is 11.4. The van der Waals surface area contributed by atoms with Gasteiger partial charge in [-0.15, -0.1) is 0 Å². The molecule has 1 spiro atoms. The van der Waals surface area contributed by atoms with E-state index in [1.54, 1.807) is 0 Å². The van der Waals surface area contributed by atoms with Crippen LogP contribution in [0.2, 0.25) is 0 Å². The fraction of sp³-hybridized carbons (Fsp3) is 0.750. The molecule has 0 N–H and O–H groups in total. The Labute approximate surface area is 80.2 Å². The molecule has 2 rings (SSSR count). The summed E-state index contributed by atoms with van der Waals surface area (Å²) in [7, 11) is 0. The molecule has 2 saturated carbocycles. The van der Waals surface area contributed by atoms with Crippen LogP contribution in [0.5, 0.6) is 0 Å². The summed E-state index contributed by atoms with van der Waals surface area (Å²) in [5, 5.41) is 0. The molecule has 1 heteroatoms. The summed E-state index contributed by atoms with van der Waals surface area (Å²) in [6, 6.07) is 0. The molecule has 0 bridgehead atoms. The maximum atomic E-state index is 11.4. The highest BCUT2D eigenvalue weighted by Gasteiger charge is 2.43. The lowest BCUT2D eigenvalue weighted by Gasteiger charge is -2.36. The zero-order valence-corrected chi connectivity index (χ0v) is 8.44. The predicted octanol–water partition coefficient (Wildman–Crippen LogP) is 3.10. The number of hydrogen-bond acceptors (Lipinski definition) is 1. The van der Waals surface area contributed by atoms with Crippen LogP contribution in [-0.4, -0.2) is 5.78 Å². The van der Waals surface area contributed by atoms with Gasteiger partial charge < -0.3 is 0 Å². The Balaban J connectivity index is 2.14. The highest BCUT2D eigenvalue weighted by atomic mass is 16.1. The molecule has 0 aromatic heterocycles. The van der Waals surface area contributed by atoms with Gasteiger partial charge in [0.25, 0.3) is 0 Å². The summed E-state index contributed by atoms with van der Waals surface area (Å²) >= 11 is 0. The van der Waals surface area contributed by atoms with E-state index < -0.39 is 0 Å². The van der Waals surface area contributed by atoms with Crippen molar-refractivity contribution in [2.24, 2.45) is 11.3 Å². The lowest BCUT2D eigenvalue weighted by atomic mass is 9.68. The number of carbonyl (C=O) groups is 1. The summed E-state index contributed by atoms with van der Waals surface area (Å²) in [6.07, 6.45) is 6.82. The molecule has 0 aromatic carbocycles. The van der Waals surface area contributed by atoms with E-state index in [0.29, 0.717) is 5.78 Å². The van der Waals surface area contributed by atoms with Crippen LogP contribution in [0.3, 0.4) is 0 Å². The van der Waals surface area contributed by atoms with Crippen LogP contribution < -0.4 is 0 Å². The molecule has 0 aliphatic heterocycles. The average molecular weight is 178 g/mol. The van der Waals surface area contributed by atoms with Gasteiger partial charge in [-0.05, 0) is 49.0 Å². The van der Waals surface area contributed by atoms with Gasteiger partial charge in [-0.3, -0.25) is 4.79 Å². The number of allylic oxidation sites excluding steroid dienone is 1. The van der Waals surface area contributed by atoms with Gasteiger partial charge in [0.05, 0.1) is 0 Å². The highest BCUT2D eigenvalue weighted by Crippen LogP contribution is 2.51. The van der Waals surface area contributed by atoms with E-state index in [0.717, 1.165) is 24.3 Å². The van der Waals surface area contributed by atoms with Crippen molar-refractivity contribution in [3.05, 3.63) is 12.2 Å². The summed E-state index contributed by atoms with van der Waals surface area (Å²) in [5.74, 6) is 1.18. The maximum Gasteiger partial charge on any atom is 0.158 e. The van der Waals surface area contributed by atoms with Crippen LogP contribution in [0.1, 0.15) is 45.4 Å². The molecule has 72 valence electrons. The minimum Gasteiger partial charge on any atom is -0.295 e. The normalized spacial score (nSPS) is 40.2. The highest BCUT2D eigenvalue weighted by molar-refractivity contribution is 5.98. The molecule has 13 heavy (non-hydrogen) atoms. The predicted molar refractivity (Wildman–Crippen MR) is 53.4 cm³/mol. The molecule has 1 nitrogen and oxygen atoms in total. The van der Waals surface area contributed by atoms with Crippen LogP contribution in [0.4, 0.5) is 0 Å². The van der Waals surface area contributed by atoms with Crippen molar-refractivity contribution in [1.82, 2.24) is 0 Å². The zero-order chi connectivity index (χ0) is 9.47. The Kier molecular flexibility index (Phi) is 2.05. The van der Waals surface area contributed by atoms with Gasteiger partial charge >= 0.3 is 0 Å². The van der Waals surface area contributed by atoms with E-state index in [2.05, 4.69) is 13.5 Å². The number of hydrogen-bond donors (Lipinski definition) is 0. The Morgan fingerprint density at radius 1 is 1.31 bits per heavy atom.